The smallest absolute Gasteiger partial charge is 0.190 e. The second-order valence-corrected chi connectivity index (χ2v) is 5.15. The van der Waals surface area contributed by atoms with Crippen molar-refractivity contribution in [3.63, 3.8) is 0 Å². The number of aliphatic imine (C=N–C) groups is 1. The van der Waals surface area contributed by atoms with E-state index in [-0.39, 0.29) is 24.0 Å². The molecule has 1 aromatic rings. The van der Waals surface area contributed by atoms with E-state index in [0.29, 0.717) is 0 Å². The van der Waals surface area contributed by atoms with Gasteiger partial charge in [0.25, 0.3) is 0 Å². The minimum absolute atomic E-state index is 0. The average molecular weight is 395 g/mol. The van der Waals surface area contributed by atoms with Gasteiger partial charge in [0, 0.05) is 45.5 Å². The van der Waals surface area contributed by atoms with E-state index in [1.54, 1.807) is 18.4 Å². The molecule has 5 nitrogen and oxygen atoms in total. The number of hydrogen-bond acceptors (Lipinski definition) is 4. The lowest BCUT2D eigenvalue weighted by atomic mass is 10.3. The summed E-state index contributed by atoms with van der Waals surface area (Å²) in [6.07, 6.45) is 3.54. The van der Waals surface area contributed by atoms with E-state index in [1.807, 2.05) is 7.05 Å². The van der Waals surface area contributed by atoms with Crippen LogP contribution in [0.4, 0.5) is 5.13 Å². The van der Waals surface area contributed by atoms with Crippen LogP contribution in [0.3, 0.4) is 0 Å². The van der Waals surface area contributed by atoms with Crippen molar-refractivity contribution in [2.75, 3.05) is 38.6 Å². The Kier molecular flexibility index (Phi) is 7.44. The van der Waals surface area contributed by atoms with Crippen LogP contribution in [0.5, 0.6) is 0 Å². The maximum Gasteiger partial charge on any atom is 0.190 e. The molecule has 2 heterocycles. The molecule has 2 rings (SSSR count). The maximum atomic E-state index is 4.68. The molecule has 1 aromatic heterocycles. The predicted octanol–water partition coefficient (Wildman–Crippen LogP) is 1.70. The molecule has 0 aromatic carbocycles. The lowest BCUT2D eigenvalue weighted by molar-refractivity contribution is 0.817. The molecule has 1 aliphatic rings. The topological polar surface area (TPSA) is 52.6 Å². The van der Waals surface area contributed by atoms with Crippen LogP contribution in [0.1, 0.15) is 18.5 Å². The zero-order valence-electron chi connectivity index (χ0n) is 11.5. The largest absolute Gasteiger partial charge is 0.359 e. The number of nitrogens with one attached hydrogen (secondary N) is 2. The Morgan fingerprint density at radius 3 is 2.84 bits per heavy atom. The van der Waals surface area contributed by atoms with Crippen LogP contribution in [-0.2, 0) is 6.42 Å². The Morgan fingerprint density at radius 1 is 1.47 bits per heavy atom. The number of anilines is 1. The lowest BCUT2D eigenvalue weighted by Crippen LogP contribution is -2.35. The number of aromatic nitrogens is 1. The summed E-state index contributed by atoms with van der Waals surface area (Å²) in [4.78, 5) is 11.1. The SMILES string of the molecule is CN=C(NC)NCCc1csc(N2CCCC2)n1.I. The molecule has 0 atom stereocenters. The van der Waals surface area contributed by atoms with Gasteiger partial charge in [0.15, 0.2) is 11.1 Å². The van der Waals surface area contributed by atoms with Crippen molar-refractivity contribution in [3.05, 3.63) is 11.1 Å². The van der Waals surface area contributed by atoms with Crippen LogP contribution in [0.15, 0.2) is 10.4 Å². The van der Waals surface area contributed by atoms with Gasteiger partial charge in [-0.05, 0) is 12.8 Å². The summed E-state index contributed by atoms with van der Waals surface area (Å²) in [5.41, 5.74) is 1.17. The van der Waals surface area contributed by atoms with Gasteiger partial charge in [0.05, 0.1) is 5.69 Å². The lowest BCUT2D eigenvalue weighted by Gasteiger charge is -2.12. The molecule has 0 amide bonds. The molecule has 0 spiro atoms. The summed E-state index contributed by atoms with van der Waals surface area (Å²) in [5, 5.41) is 9.58. The van der Waals surface area contributed by atoms with Crippen LogP contribution in [0.2, 0.25) is 0 Å². The summed E-state index contributed by atoms with van der Waals surface area (Å²) in [6, 6.07) is 0. The second-order valence-electron chi connectivity index (χ2n) is 4.31. The van der Waals surface area contributed by atoms with Gasteiger partial charge in [-0.2, -0.15) is 0 Å². The number of hydrogen-bond donors (Lipinski definition) is 2. The molecule has 19 heavy (non-hydrogen) atoms. The first-order chi connectivity index (χ1) is 8.83. The molecule has 1 fully saturated rings. The van der Waals surface area contributed by atoms with E-state index in [0.717, 1.165) is 32.0 Å². The third kappa shape index (κ3) is 4.79. The second kappa shape index (κ2) is 8.57. The van der Waals surface area contributed by atoms with Crippen molar-refractivity contribution in [2.24, 2.45) is 4.99 Å². The molecule has 0 aliphatic carbocycles. The van der Waals surface area contributed by atoms with E-state index >= 15 is 0 Å². The van der Waals surface area contributed by atoms with Crippen molar-refractivity contribution in [1.29, 1.82) is 0 Å². The van der Waals surface area contributed by atoms with Gasteiger partial charge in [-0.15, -0.1) is 35.3 Å². The highest BCUT2D eigenvalue weighted by Crippen LogP contribution is 2.24. The van der Waals surface area contributed by atoms with Crippen molar-refractivity contribution in [3.8, 4) is 0 Å². The van der Waals surface area contributed by atoms with E-state index in [9.17, 15) is 0 Å². The Labute approximate surface area is 135 Å². The number of thiazole rings is 1. The summed E-state index contributed by atoms with van der Waals surface area (Å²) in [6.45, 7) is 3.19. The zero-order chi connectivity index (χ0) is 12.8. The fraction of sp³-hybridized carbons (Fsp3) is 0.667. The van der Waals surface area contributed by atoms with Crippen LogP contribution < -0.4 is 15.5 Å². The minimum Gasteiger partial charge on any atom is -0.359 e. The van der Waals surface area contributed by atoms with Gasteiger partial charge in [-0.3, -0.25) is 4.99 Å². The molecule has 108 valence electrons. The van der Waals surface area contributed by atoms with Gasteiger partial charge in [0.1, 0.15) is 0 Å². The van der Waals surface area contributed by atoms with Gasteiger partial charge < -0.3 is 15.5 Å². The van der Waals surface area contributed by atoms with Crippen molar-refractivity contribution < 1.29 is 0 Å². The standard InChI is InChI=1S/C12H21N5S.HI/c1-13-11(14-2)15-6-5-10-9-18-12(16-10)17-7-3-4-8-17;/h9H,3-8H2,1-2H3,(H2,13,14,15);1H. The molecule has 1 saturated heterocycles. The summed E-state index contributed by atoms with van der Waals surface area (Å²) in [7, 11) is 3.64. The van der Waals surface area contributed by atoms with Crippen molar-refractivity contribution >= 4 is 46.4 Å². The Morgan fingerprint density at radius 2 is 2.21 bits per heavy atom. The van der Waals surface area contributed by atoms with Gasteiger partial charge in [-0.1, -0.05) is 0 Å². The molecule has 2 N–H and O–H groups in total. The number of halogens is 1. The number of guanidine groups is 1. The van der Waals surface area contributed by atoms with Crippen LogP contribution in [0.25, 0.3) is 0 Å². The third-order valence-electron chi connectivity index (χ3n) is 3.05. The van der Waals surface area contributed by atoms with Crippen LogP contribution in [0, 0.1) is 0 Å². The average Bonchev–Trinajstić information content (AvgIpc) is 3.05. The van der Waals surface area contributed by atoms with Crippen LogP contribution >= 0.6 is 35.3 Å². The van der Waals surface area contributed by atoms with Crippen molar-refractivity contribution in [1.82, 2.24) is 15.6 Å². The Balaban J connectivity index is 0.00000180. The molecule has 0 saturated carbocycles. The highest BCUT2D eigenvalue weighted by atomic mass is 127. The Hall–Kier alpha value is -0.570. The fourth-order valence-corrected chi connectivity index (χ4v) is 2.97. The monoisotopic (exact) mass is 395 g/mol. The quantitative estimate of drug-likeness (QED) is 0.463. The number of rotatable bonds is 4. The van der Waals surface area contributed by atoms with Crippen molar-refractivity contribution in [2.45, 2.75) is 19.3 Å². The van der Waals surface area contributed by atoms with E-state index in [1.165, 1.54) is 23.7 Å². The Bertz CT molecular complexity index is 401. The zero-order valence-corrected chi connectivity index (χ0v) is 14.6. The summed E-state index contributed by atoms with van der Waals surface area (Å²) < 4.78 is 0. The third-order valence-corrected chi connectivity index (χ3v) is 4.00. The summed E-state index contributed by atoms with van der Waals surface area (Å²) >= 11 is 1.76. The molecule has 1 aliphatic heterocycles. The predicted molar refractivity (Wildman–Crippen MR) is 93.1 cm³/mol. The normalized spacial score (nSPS) is 15.3. The molecule has 0 radical (unpaired) electrons. The number of nitrogens with zero attached hydrogens (tertiary/aromatic N) is 3. The highest BCUT2D eigenvalue weighted by Gasteiger charge is 2.15. The first-order valence-corrected chi connectivity index (χ1v) is 7.29. The summed E-state index contributed by atoms with van der Waals surface area (Å²) in [5.74, 6) is 0.824. The molecule has 0 unspecified atom stereocenters. The van der Waals surface area contributed by atoms with E-state index in [4.69, 9.17) is 0 Å². The highest BCUT2D eigenvalue weighted by molar-refractivity contribution is 14.0. The van der Waals surface area contributed by atoms with Crippen LogP contribution in [-0.4, -0.2) is 44.7 Å². The molecular formula is C12H22IN5S. The maximum absolute atomic E-state index is 4.68. The van der Waals surface area contributed by atoms with E-state index in [2.05, 4.69) is 30.9 Å². The molecular weight excluding hydrogens is 373 g/mol. The molecule has 7 heteroatoms. The first kappa shape index (κ1) is 16.5. The van der Waals surface area contributed by atoms with Gasteiger partial charge in [0.2, 0.25) is 0 Å². The molecule has 0 bridgehead atoms. The minimum atomic E-state index is 0. The van der Waals surface area contributed by atoms with Gasteiger partial charge in [-0.25, -0.2) is 4.98 Å². The first-order valence-electron chi connectivity index (χ1n) is 6.41. The van der Waals surface area contributed by atoms with Gasteiger partial charge >= 0.3 is 0 Å². The van der Waals surface area contributed by atoms with E-state index < -0.39 is 0 Å². The fourth-order valence-electron chi connectivity index (χ4n) is 2.05.